The van der Waals surface area contributed by atoms with E-state index in [-0.39, 0.29) is 0 Å². The molecule has 2 heterocycles. The zero-order chi connectivity index (χ0) is 12.5. The number of rotatable bonds is 2. The quantitative estimate of drug-likeness (QED) is 0.701. The molecule has 2 aromatic heterocycles. The summed E-state index contributed by atoms with van der Waals surface area (Å²) in [6.07, 6.45) is 3.88. The van der Waals surface area contributed by atoms with Gasteiger partial charge in [0.2, 0.25) is 0 Å². The van der Waals surface area contributed by atoms with Crippen LogP contribution in [0.15, 0.2) is 48.8 Å². The van der Waals surface area contributed by atoms with Crippen molar-refractivity contribution in [3.05, 3.63) is 53.8 Å². The number of nitrogens with zero attached hydrogens (tertiary/aromatic N) is 2. The molecule has 0 aliphatic rings. The predicted molar refractivity (Wildman–Crippen MR) is 72.2 cm³/mol. The number of pyridine rings is 1. The predicted octanol–water partition coefficient (Wildman–Crippen LogP) is 3.66. The molecule has 4 heteroatoms. The molecule has 3 aromatic rings. The zero-order valence-corrected chi connectivity index (χ0v) is 10.6. The smallest absolute Gasteiger partial charge is 0.156 e. The molecule has 0 saturated carbocycles. The first-order chi connectivity index (χ1) is 8.78. The summed E-state index contributed by atoms with van der Waals surface area (Å²) in [4.78, 5) is 4.53. The van der Waals surface area contributed by atoms with Gasteiger partial charge in [-0.1, -0.05) is 23.7 Å². The first-order valence-corrected chi connectivity index (χ1v) is 5.93. The van der Waals surface area contributed by atoms with Crippen molar-refractivity contribution in [3.8, 4) is 17.0 Å². The molecule has 90 valence electrons. The van der Waals surface area contributed by atoms with Gasteiger partial charge in [0.25, 0.3) is 0 Å². The van der Waals surface area contributed by atoms with E-state index in [0.717, 1.165) is 22.7 Å². The van der Waals surface area contributed by atoms with Gasteiger partial charge < -0.3 is 9.14 Å². The fourth-order valence-corrected chi connectivity index (χ4v) is 2.11. The van der Waals surface area contributed by atoms with Crippen molar-refractivity contribution in [3.63, 3.8) is 0 Å². The third-order valence-corrected chi connectivity index (χ3v) is 3.10. The van der Waals surface area contributed by atoms with Crippen molar-refractivity contribution in [2.75, 3.05) is 7.11 Å². The summed E-state index contributed by atoms with van der Waals surface area (Å²) in [6, 6.07) is 11.5. The number of imidazole rings is 1. The Kier molecular flexibility index (Phi) is 2.68. The third kappa shape index (κ3) is 1.83. The Morgan fingerprint density at radius 1 is 1.22 bits per heavy atom. The molecule has 0 fully saturated rings. The van der Waals surface area contributed by atoms with E-state index in [2.05, 4.69) is 4.98 Å². The number of aromatic nitrogens is 2. The van der Waals surface area contributed by atoms with Crippen molar-refractivity contribution in [1.82, 2.24) is 9.38 Å². The molecule has 0 spiro atoms. The number of ether oxygens (including phenoxy) is 1. The minimum Gasteiger partial charge on any atom is -0.497 e. The summed E-state index contributed by atoms with van der Waals surface area (Å²) in [5.74, 6) is 0.815. The van der Waals surface area contributed by atoms with Crippen LogP contribution in [0.4, 0.5) is 0 Å². The van der Waals surface area contributed by atoms with E-state index < -0.39 is 0 Å². The van der Waals surface area contributed by atoms with Gasteiger partial charge in [0.15, 0.2) is 5.65 Å². The summed E-state index contributed by atoms with van der Waals surface area (Å²) < 4.78 is 7.13. The van der Waals surface area contributed by atoms with Gasteiger partial charge in [-0.05, 0) is 24.3 Å². The fraction of sp³-hybridized carbons (Fsp3) is 0.0714. The van der Waals surface area contributed by atoms with Crippen molar-refractivity contribution in [1.29, 1.82) is 0 Å². The van der Waals surface area contributed by atoms with Gasteiger partial charge in [-0.15, -0.1) is 0 Å². The molecule has 0 unspecified atom stereocenters. The summed E-state index contributed by atoms with van der Waals surface area (Å²) >= 11 is 6.11. The Morgan fingerprint density at radius 3 is 2.89 bits per heavy atom. The Bertz CT molecular complexity index is 706. The Labute approximate surface area is 110 Å². The first-order valence-electron chi connectivity index (χ1n) is 5.55. The second-order valence-electron chi connectivity index (χ2n) is 3.95. The molecule has 3 rings (SSSR count). The fourth-order valence-electron chi connectivity index (χ4n) is 1.90. The van der Waals surface area contributed by atoms with Crippen LogP contribution in [0, 0.1) is 0 Å². The highest BCUT2D eigenvalue weighted by Gasteiger charge is 2.07. The molecule has 0 N–H and O–H groups in total. The summed E-state index contributed by atoms with van der Waals surface area (Å²) in [6.45, 7) is 0. The minimum atomic E-state index is 0.645. The molecular formula is C14H11ClN2O. The first kappa shape index (κ1) is 11.1. The zero-order valence-electron chi connectivity index (χ0n) is 9.80. The maximum Gasteiger partial charge on any atom is 0.156 e. The van der Waals surface area contributed by atoms with Crippen LogP contribution < -0.4 is 4.74 Å². The molecule has 0 atom stereocenters. The van der Waals surface area contributed by atoms with E-state index in [0.29, 0.717) is 5.02 Å². The topological polar surface area (TPSA) is 26.5 Å². The molecule has 0 aliphatic carbocycles. The molecular weight excluding hydrogens is 248 g/mol. The number of methoxy groups -OCH3 is 1. The van der Waals surface area contributed by atoms with E-state index in [1.807, 2.05) is 53.2 Å². The van der Waals surface area contributed by atoms with Gasteiger partial charge in [-0.2, -0.15) is 0 Å². The SMILES string of the molecule is COc1cccc(-c2cn3cccc(Cl)c3n2)c1. The average molecular weight is 259 g/mol. The van der Waals surface area contributed by atoms with Crippen LogP contribution in [0.25, 0.3) is 16.9 Å². The average Bonchev–Trinajstić information content (AvgIpc) is 2.84. The van der Waals surface area contributed by atoms with Gasteiger partial charge in [-0.3, -0.25) is 0 Å². The number of hydrogen-bond donors (Lipinski definition) is 0. The van der Waals surface area contributed by atoms with Crippen molar-refractivity contribution < 1.29 is 4.74 Å². The van der Waals surface area contributed by atoms with E-state index in [4.69, 9.17) is 16.3 Å². The Balaban J connectivity index is 2.16. The molecule has 0 aliphatic heterocycles. The maximum absolute atomic E-state index is 6.11. The lowest BCUT2D eigenvalue weighted by atomic mass is 10.1. The summed E-state index contributed by atoms with van der Waals surface area (Å²) in [7, 11) is 1.65. The molecule has 0 radical (unpaired) electrons. The lowest BCUT2D eigenvalue weighted by Gasteiger charge is -2.00. The highest BCUT2D eigenvalue weighted by molar-refractivity contribution is 6.33. The van der Waals surface area contributed by atoms with Crippen molar-refractivity contribution in [2.45, 2.75) is 0 Å². The van der Waals surface area contributed by atoms with E-state index in [9.17, 15) is 0 Å². The van der Waals surface area contributed by atoms with Gasteiger partial charge in [0.05, 0.1) is 17.8 Å². The van der Waals surface area contributed by atoms with Crippen LogP contribution in [-0.2, 0) is 0 Å². The van der Waals surface area contributed by atoms with Crippen LogP contribution in [0.1, 0.15) is 0 Å². The molecule has 18 heavy (non-hydrogen) atoms. The van der Waals surface area contributed by atoms with Crippen LogP contribution in [0.2, 0.25) is 5.02 Å². The normalized spacial score (nSPS) is 10.8. The van der Waals surface area contributed by atoms with E-state index in [1.54, 1.807) is 7.11 Å². The van der Waals surface area contributed by atoms with Gasteiger partial charge in [-0.25, -0.2) is 4.98 Å². The number of fused-ring (bicyclic) bond motifs is 1. The van der Waals surface area contributed by atoms with Gasteiger partial charge in [0, 0.05) is 18.0 Å². The van der Waals surface area contributed by atoms with Crippen LogP contribution in [0.5, 0.6) is 5.75 Å². The van der Waals surface area contributed by atoms with Crippen LogP contribution in [-0.4, -0.2) is 16.5 Å². The van der Waals surface area contributed by atoms with Crippen molar-refractivity contribution in [2.24, 2.45) is 0 Å². The lowest BCUT2D eigenvalue weighted by molar-refractivity contribution is 0.415. The highest BCUT2D eigenvalue weighted by Crippen LogP contribution is 2.25. The maximum atomic E-state index is 6.11. The number of hydrogen-bond acceptors (Lipinski definition) is 2. The largest absolute Gasteiger partial charge is 0.497 e. The van der Waals surface area contributed by atoms with E-state index >= 15 is 0 Å². The van der Waals surface area contributed by atoms with E-state index in [1.165, 1.54) is 0 Å². The molecule has 1 aromatic carbocycles. The lowest BCUT2D eigenvalue weighted by Crippen LogP contribution is -1.83. The highest BCUT2D eigenvalue weighted by atomic mass is 35.5. The second-order valence-corrected chi connectivity index (χ2v) is 4.35. The number of halogens is 1. The van der Waals surface area contributed by atoms with Gasteiger partial charge in [0.1, 0.15) is 5.75 Å². The monoisotopic (exact) mass is 258 g/mol. The molecule has 3 nitrogen and oxygen atoms in total. The molecule has 0 bridgehead atoms. The molecule has 0 saturated heterocycles. The summed E-state index contributed by atoms with van der Waals surface area (Å²) in [5.41, 5.74) is 2.65. The summed E-state index contributed by atoms with van der Waals surface area (Å²) in [5, 5.41) is 0.645. The van der Waals surface area contributed by atoms with Crippen LogP contribution >= 0.6 is 11.6 Å². The molecule has 0 amide bonds. The van der Waals surface area contributed by atoms with Crippen LogP contribution in [0.3, 0.4) is 0 Å². The Hall–Kier alpha value is -2.00. The standard InChI is InChI=1S/C14H11ClN2O/c1-18-11-5-2-4-10(8-11)13-9-17-7-3-6-12(15)14(17)16-13/h2-9H,1H3. The van der Waals surface area contributed by atoms with Gasteiger partial charge >= 0.3 is 0 Å². The third-order valence-electron chi connectivity index (χ3n) is 2.80. The minimum absolute atomic E-state index is 0.645. The Morgan fingerprint density at radius 2 is 2.11 bits per heavy atom. The second kappa shape index (κ2) is 4.35. The number of benzene rings is 1. The van der Waals surface area contributed by atoms with Crippen molar-refractivity contribution >= 4 is 17.2 Å².